The molecular formula is C16H24N4O2. The standard InChI is InChI=1S/C16H24N4O2/c1-12-9-14(12)11-19-16(21)18-10-13-3-2-4-17-15(13)20-5-7-22-8-6-20/h2-4,12,14H,5-11H2,1H3,(H2,18,19,21). The third kappa shape index (κ3) is 3.88. The summed E-state index contributed by atoms with van der Waals surface area (Å²) in [6.45, 7) is 6.62. The van der Waals surface area contributed by atoms with Crippen LogP contribution in [0.25, 0.3) is 0 Å². The van der Waals surface area contributed by atoms with Gasteiger partial charge in [-0.25, -0.2) is 9.78 Å². The minimum absolute atomic E-state index is 0.101. The maximum atomic E-state index is 11.9. The maximum absolute atomic E-state index is 11.9. The molecule has 2 unspecified atom stereocenters. The number of amides is 2. The number of urea groups is 1. The van der Waals surface area contributed by atoms with Crippen molar-refractivity contribution in [2.75, 3.05) is 37.7 Å². The van der Waals surface area contributed by atoms with Gasteiger partial charge in [0.1, 0.15) is 5.82 Å². The minimum atomic E-state index is -0.101. The number of nitrogens with one attached hydrogen (secondary N) is 2. The number of pyridine rings is 1. The quantitative estimate of drug-likeness (QED) is 0.862. The average molecular weight is 304 g/mol. The molecule has 1 saturated carbocycles. The van der Waals surface area contributed by atoms with Crippen LogP contribution in [0.3, 0.4) is 0 Å². The van der Waals surface area contributed by atoms with Crippen LogP contribution in [0, 0.1) is 11.8 Å². The van der Waals surface area contributed by atoms with Crippen molar-refractivity contribution in [2.45, 2.75) is 19.9 Å². The lowest BCUT2D eigenvalue weighted by molar-refractivity contribution is 0.122. The van der Waals surface area contributed by atoms with Gasteiger partial charge in [-0.1, -0.05) is 13.0 Å². The van der Waals surface area contributed by atoms with Crippen LogP contribution in [0.1, 0.15) is 18.9 Å². The molecule has 1 aliphatic carbocycles. The van der Waals surface area contributed by atoms with Crippen LogP contribution in [0.15, 0.2) is 18.3 Å². The topological polar surface area (TPSA) is 66.5 Å². The molecule has 1 saturated heterocycles. The Labute approximate surface area is 131 Å². The number of ether oxygens (including phenoxy) is 1. The van der Waals surface area contributed by atoms with Crippen molar-refractivity contribution >= 4 is 11.8 Å². The van der Waals surface area contributed by atoms with E-state index in [0.717, 1.165) is 50.1 Å². The molecule has 3 rings (SSSR count). The smallest absolute Gasteiger partial charge is 0.315 e. The van der Waals surface area contributed by atoms with Gasteiger partial charge in [0.05, 0.1) is 13.2 Å². The number of carbonyl (C=O) groups excluding carboxylic acids is 1. The first-order valence-electron chi connectivity index (χ1n) is 8.02. The highest BCUT2D eigenvalue weighted by Crippen LogP contribution is 2.36. The lowest BCUT2D eigenvalue weighted by atomic mass is 10.2. The van der Waals surface area contributed by atoms with Gasteiger partial charge in [-0.15, -0.1) is 0 Å². The molecule has 6 heteroatoms. The third-order valence-corrected chi connectivity index (χ3v) is 4.42. The fourth-order valence-corrected chi connectivity index (χ4v) is 2.77. The molecule has 2 fully saturated rings. The molecule has 2 N–H and O–H groups in total. The predicted octanol–water partition coefficient (Wildman–Crippen LogP) is 1.37. The van der Waals surface area contributed by atoms with Crippen LogP contribution in [0.2, 0.25) is 0 Å². The normalized spacial score (nSPS) is 24.0. The molecule has 6 nitrogen and oxygen atoms in total. The fraction of sp³-hybridized carbons (Fsp3) is 0.625. The highest BCUT2D eigenvalue weighted by Gasteiger charge is 2.32. The molecule has 0 bridgehead atoms. The first-order valence-corrected chi connectivity index (χ1v) is 8.02. The summed E-state index contributed by atoms with van der Waals surface area (Å²) >= 11 is 0. The Balaban J connectivity index is 1.52. The number of morpholine rings is 1. The SMILES string of the molecule is CC1CC1CNC(=O)NCc1cccnc1N1CCOCC1. The molecule has 2 aliphatic rings. The number of rotatable bonds is 5. The van der Waals surface area contributed by atoms with Gasteiger partial charge in [0.2, 0.25) is 0 Å². The molecule has 0 spiro atoms. The second kappa shape index (κ2) is 6.96. The van der Waals surface area contributed by atoms with E-state index in [0.29, 0.717) is 12.5 Å². The number of hydrogen-bond acceptors (Lipinski definition) is 4. The van der Waals surface area contributed by atoms with Crippen LogP contribution in [0.5, 0.6) is 0 Å². The van der Waals surface area contributed by atoms with Gasteiger partial charge in [0.15, 0.2) is 0 Å². The van der Waals surface area contributed by atoms with Crippen molar-refractivity contribution in [3.8, 4) is 0 Å². The van der Waals surface area contributed by atoms with Crippen molar-refractivity contribution in [3.63, 3.8) is 0 Å². The summed E-state index contributed by atoms with van der Waals surface area (Å²) < 4.78 is 5.38. The Morgan fingerprint density at radius 3 is 2.91 bits per heavy atom. The summed E-state index contributed by atoms with van der Waals surface area (Å²) in [6.07, 6.45) is 3.02. The van der Waals surface area contributed by atoms with Gasteiger partial charge >= 0.3 is 6.03 Å². The highest BCUT2D eigenvalue weighted by atomic mass is 16.5. The number of anilines is 1. The lowest BCUT2D eigenvalue weighted by Crippen LogP contribution is -2.39. The lowest BCUT2D eigenvalue weighted by Gasteiger charge is -2.29. The van der Waals surface area contributed by atoms with E-state index in [-0.39, 0.29) is 6.03 Å². The number of aromatic nitrogens is 1. The van der Waals surface area contributed by atoms with Crippen LogP contribution in [-0.2, 0) is 11.3 Å². The predicted molar refractivity (Wildman–Crippen MR) is 84.8 cm³/mol. The summed E-state index contributed by atoms with van der Waals surface area (Å²) in [5.74, 6) is 2.36. The number of nitrogens with zero attached hydrogens (tertiary/aromatic N) is 2. The van der Waals surface area contributed by atoms with Crippen molar-refractivity contribution in [2.24, 2.45) is 11.8 Å². The molecule has 2 atom stereocenters. The molecule has 2 amide bonds. The van der Waals surface area contributed by atoms with E-state index in [1.54, 1.807) is 6.20 Å². The zero-order valence-electron chi connectivity index (χ0n) is 13.0. The zero-order valence-corrected chi connectivity index (χ0v) is 13.0. The fourth-order valence-electron chi connectivity index (χ4n) is 2.77. The monoisotopic (exact) mass is 304 g/mol. The van der Waals surface area contributed by atoms with Gasteiger partial charge in [-0.2, -0.15) is 0 Å². The second-order valence-corrected chi connectivity index (χ2v) is 6.12. The van der Waals surface area contributed by atoms with Gasteiger partial charge in [-0.3, -0.25) is 0 Å². The van der Waals surface area contributed by atoms with Crippen LogP contribution < -0.4 is 15.5 Å². The molecule has 1 aromatic heterocycles. The first-order chi connectivity index (χ1) is 10.7. The van der Waals surface area contributed by atoms with E-state index in [1.807, 2.05) is 12.1 Å². The van der Waals surface area contributed by atoms with Gasteiger partial charge in [0.25, 0.3) is 0 Å². The molecule has 22 heavy (non-hydrogen) atoms. The summed E-state index contributed by atoms with van der Waals surface area (Å²) in [4.78, 5) is 18.6. The Morgan fingerprint density at radius 2 is 2.18 bits per heavy atom. The molecule has 0 aromatic carbocycles. The van der Waals surface area contributed by atoms with Crippen molar-refractivity contribution in [1.29, 1.82) is 0 Å². The van der Waals surface area contributed by atoms with Crippen LogP contribution in [-0.4, -0.2) is 43.9 Å². The zero-order chi connectivity index (χ0) is 15.4. The van der Waals surface area contributed by atoms with E-state index in [1.165, 1.54) is 6.42 Å². The Hall–Kier alpha value is -1.82. The van der Waals surface area contributed by atoms with E-state index in [4.69, 9.17) is 4.74 Å². The van der Waals surface area contributed by atoms with Crippen LogP contribution >= 0.6 is 0 Å². The van der Waals surface area contributed by atoms with E-state index >= 15 is 0 Å². The maximum Gasteiger partial charge on any atom is 0.315 e. The Bertz CT molecular complexity index is 517. The molecule has 2 heterocycles. The number of hydrogen-bond donors (Lipinski definition) is 2. The second-order valence-electron chi connectivity index (χ2n) is 6.12. The molecule has 0 radical (unpaired) electrons. The molecule has 120 valence electrons. The highest BCUT2D eigenvalue weighted by molar-refractivity contribution is 5.74. The third-order valence-electron chi connectivity index (χ3n) is 4.42. The Kier molecular flexibility index (Phi) is 4.77. The summed E-state index contributed by atoms with van der Waals surface area (Å²) in [7, 11) is 0. The van der Waals surface area contributed by atoms with Crippen LogP contribution in [0.4, 0.5) is 10.6 Å². The van der Waals surface area contributed by atoms with Gasteiger partial charge in [0, 0.05) is 37.9 Å². The van der Waals surface area contributed by atoms with Gasteiger partial charge in [-0.05, 0) is 24.3 Å². The summed E-state index contributed by atoms with van der Waals surface area (Å²) in [6, 6.07) is 3.82. The largest absolute Gasteiger partial charge is 0.378 e. The van der Waals surface area contributed by atoms with Crippen molar-refractivity contribution in [1.82, 2.24) is 15.6 Å². The van der Waals surface area contributed by atoms with Crippen molar-refractivity contribution < 1.29 is 9.53 Å². The molecule has 1 aliphatic heterocycles. The summed E-state index contributed by atoms with van der Waals surface area (Å²) in [5.41, 5.74) is 1.04. The van der Waals surface area contributed by atoms with Crippen molar-refractivity contribution in [3.05, 3.63) is 23.9 Å². The number of carbonyl (C=O) groups is 1. The van der Waals surface area contributed by atoms with E-state index in [9.17, 15) is 4.79 Å². The van der Waals surface area contributed by atoms with Gasteiger partial charge < -0.3 is 20.3 Å². The minimum Gasteiger partial charge on any atom is -0.378 e. The van der Waals surface area contributed by atoms with E-state index in [2.05, 4.69) is 27.4 Å². The summed E-state index contributed by atoms with van der Waals surface area (Å²) in [5, 5.41) is 5.87. The first kappa shape index (κ1) is 15.1. The molecular weight excluding hydrogens is 280 g/mol. The molecule has 1 aromatic rings. The average Bonchev–Trinajstić information content (AvgIpc) is 3.27. The Morgan fingerprint density at radius 1 is 1.41 bits per heavy atom. The van der Waals surface area contributed by atoms with E-state index < -0.39 is 0 Å².